The van der Waals surface area contributed by atoms with Crippen molar-refractivity contribution >= 4 is 35.8 Å². The summed E-state index contributed by atoms with van der Waals surface area (Å²) in [5.74, 6) is 2.11. The molecule has 0 aromatic heterocycles. The zero-order valence-electron chi connectivity index (χ0n) is 17.5. The Balaban J connectivity index is 0.00000364. The molecule has 1 amide bonds. The van der Waals surface area contributed by atoms with Crippen LogP contribution in [-0.4, -0.2) is 75.0 Å². The summed E-state index contributed by atoms with van der Waals surface area (Å²) in [6.07, 6.45) is 11.4. The van der Waals surface area contributed by atoms with Crippen molar-refractivity contribution in [2.24, 2.45) is 10.9 Å². The van der Waals surface area contributed by atoms with Crippen molar-refractivity contribution in [1.29, 1.82) is 0 Å². The predicted octanol–water partition coefficient (Wildman–Crippen LogP) is 2.68. The first kappa shape index (κ1) is 24.5. The fraction of sp³-hybridized carbons (Fsp3) is 0.900. The van der Waals surface area contributed by atoms with E-state index >= 15 is 0 Å². The summed E-state index contributed by atoms with van der Waals surface area (Å²) in [5.41, 5.74) is 0. The number of amides is 1. The molecule has 1 heterocycles. The molecule has 7 heteroatoms. The molecule has 0 spiro atoms. The number of likely N-dealkylation sites (N-methyl/N-ethyl adjacent to an activating group) is 1. The smallest absolute Gasteiger partial charge is 0.239 e. The van der Waals surface area contributed by atoms with E-state index in [2.05, 4.69) is 20.5 Å². The topological polar surface area (TPSA) is 60.0 Å². The summed E-state index contributed by atoms with van der Waals surface area (Å²) in [5, 5.41) is 6.83. The average molecular weight is 493 g/mol. The summed E-state index contributed by atoms with van der Waals surface area (Å²) < 4.78 is 0. The molecule has 0 aromatic carbocycles. The van der Waals surface area contributed by atoms with Gasteiger partial charge in [0.1, 0.15) is 0 Å². The Kier molecular flexibility index (Phi) is 12.3. The highest BCUT2D eigenvalue weighted by Gasteiger charge is 2.30. The number of aliphatic imine (C=N–C) groups is 1. The zero-order chi connectivity index (χ0) is 18.8. The number of rotatable bonds is 9. The third kappa shape index (κ3) is 8.54. The molecule has 1 saturated carbocycles. The molecule has 0 aromatic rings. The van der Waals surface area contributed by atoms with Crippen LogP contribution in [0.15, 0.2) is 4.99 Å². The van der Waals surface area contributed by atoms with Crippen LogP contribution >= 0.6 is 24.0 Å². The number of carbonyl (C=O) groups is 1. The molecule has 158 valence electrons. The van der Waals surface area contributed by atoms with E-state index in [9.17, 15) is 4.79 Å². The monoisotopic (exact) mass is 493 g/mol. The van der Waals surface area contributed by atoms with Gasteiger partial charge >= 0.3 is 0 Å². The molecule has 0 radical (unpaired) electrons. The molecule has 1 atom stereocenters. The number of halogens is 1. The van der Waals surface area contributed by atoms with Crippen molar-refractivity contribution in [3.8, 4) is 0 Å². The number of nitrogens with one attached hydrogen (secondary N) is 2. The zero-order valence-corrected chi connectivity index (χ0v) is 19.8. The Morgan fingerprint density at radius 3 is 2.37 bits per heavy atom. The second kappa shape index (κ2) is 13.6. The summed E-state index contributed by atoms with van der Waals surface area (Å²) in [7, 11) is 5.53. The molecule has 2 N–H and O–H groups in total. The van der Waals surface area contributed by atoms with Crippen LogP contribution in [0.25, 0.3) is 0 Å². The Labute approximate surface area is 182 Å². The largest absolute Gasteiger partial charge is 0.356 e. The normalized spacial score (nSPS) is 21.1. The minimum absolute atomic E-state index is 0. The maximum absolute atomic E-state index is 12.2. The van der Waals surface area contributed by atoms with Gasteiger partial charge in [0.05, 0.1) is 6.04 Å². The third-order valence-corrected chi connectivity index (χ3v) is 5.78. The Hall–Kier alpha value is -0.570. The first-order valence-electron chi connectivity index (χ1n) is 10.5. The van der Waals surface area contributed by atoms with Gasteiger partial charge in [0.2, 0.25) is 5.91 Å². The molecule has 27 heavy (non-hydrogen) atoms. The Bertz CT molecular complexity index is 452. The molecular weight excluding hydrogens is 453 g/mol. The molecule has 1 unspecified atom stereocenters. The highest BCUT2D eigenvalue weighted by atomic mass is 127. The van der Waals surface area contributed by atoms with E-state index < -0.39 is 0 Å². The van der Waals surface area contributed by atoms with Gasteiger partial charge in [0.25, 0.3) is 0 Å². The van der Waals surface area contributed by atoms with Gasteiger partial charge in [-0.2, -0.15) is 0 Å². The van der Waals surface area contributed by atoms with Crippen LogP contribution in [0.1, 0.15) is 57.8 Å². The standard InChI is InChI=1S/C20H39N5O.HI/c1-21-20(22-13-6-11-17-9-4-5-10-17)23-14-8-16-25-15-7-12-18(25)19(26)24(2)3;/h17-18H,4-16H2,1-3H3,(H2,21,22,23);1H. The van der Waals surface area contributed by atoms with E-state index in [1.165, 1.54) is 38.5 Å². The molecule has 2 rings (SSSR count). The number of carbonyl (C=O) groups excluding carboxylic acids is 1. The lowest BCUT2D eigenvalue weighted by Crippen LogP contribution is -2.44. The first-order valence-corrected chi connectivity index (χ1v) is 10.5. The molecule has 2 fully saturated rings. The van der Waals surface area contributed by atoms with Crippen molar-refractivity contribution in [2.75, 3.05) is 47.3 Å². The van der Waals surface area contributed by atoms with Crippen LogP contribution in [-0.2, 0) is 4.79 Å². The molecule has 6 nitrogen and oxygen atoms in total. The van der Waals surface area contributed by atoms with E-state index in [0.717, 1.165) is 57.3 Å². The SMILES string of the molecule is CN=C(NCCCC1CCCC1)NCCCN1CCCC1C(=O)N(C)C.I. The third-order valence-electron chi connectivity index (χ3n) is 5.78. The van der Waals surface area contributed by atoms with Gasteiger partial charge in [-0.05, 0) is 44.6 Å². The maximum Gasteiger partial charge on any atom is 0.239 e. The van der Waals surface area contributed by atoms with E-state index in [-0.39, 0.29) is 35.9 Å². The van der Waals surface area contributed by atoms with Crippen LogP contribution < -0.4 is 10.6 Å². The summed E-state index contributed by atoms with van der Waals surface area (Å²) in [6, 6.07) is 0.0815. The van der Waals surface area contributed by atoms with Gasteiger partial charge < -0.3 is 15.5 Å². The highest BCUT2D eigenvalue weighted by molar-refractivity contribution is 14.0. The van der Waals surface area contributed by atoms with E-state index in [1.54, 1.807) is 4.90 Å². The van der Waals surface area contributed by atoms with Crippen LogP contribution in [0, 0.1) is 5.92 Å². The highest BCUT2D eigenvalue weighted by Crippen LogP contribution is 2.28. The van der Waals surface area contributed by atoms with Gasteiger partial charge in [-0.15, -0.1) is 24.0 Å². The average Bonchev–Trinajstić information content (AvgIpc) is 3.31. The van der Waals surface area contributed by atoms with E-state index in [1.807, 2.05) is 21.1 Å². The fourth-order valence-corrected chi connectivity index (χ4v) is 4.28. The van der Waals surface area contributed by atoms with Gasteiger partial charge in [-0.25, -0.2) is 0 Å². The lowest BCUT2D eigenvalue weighted by Gasteiger charge is -2.26. The minimum Gasteiger partial charge on any atom is -0.356 e. The molecule has 1 aliphatic heterocycles. The Morgan fingerprint density at radius 2 is 1.74 bits per heavy atom. The number of hydrogen-bond donors (Lipinski definition) is 2. The van der Waals surface area contributed by atoms with Crippen molar-refractivity contribution < 1.29 is 4.79 Å². The molecule has 1 aliphatic carbocycles. The second-order valence-corrected chi connectivity index (χ2v) is 8.00. The number of hydrogen-bond acceptors (Lipinski definition) is 3. The quantitative estimate of drug-likeness (QED) is 0.225. The number of likely N-dealkylation sites (tertiary alicyclic amines) is 1. The minimum atomic E-state index is 0. The summed E-state index contributed by atoms with van der Waals surface area (Å²) in [6.45, 7) is 3.90. The summed E-state index contributed by atoms with van der Waals surface area (Å²) >= 11 is 0. The molecule has 1 saturated heterocycles. The Morgan fingerprint density at radius 1 is 1.07 bits per heavy atom. The van der Waals surface area contributed by atoms with Crippen LogP contribution in [0.3, 0.4) is 0 Å². The van der Waals surface area contributed by atoms with Crippen LogP contribution in [0.2, 0.25) is 0 Å². The van der Waals surface area contributed by atoms with Crippen molar-refractivity contribution in [1.82, 2.24) is 20.4 Å². The fourth-order valence-electron chi connectivity index (χ4n) is 4.28. The molecule has 2 aliphatic rings. The van der Waals surface area contributed by atoms with Crippen LogP contribution in [0.4, 0.5) is 0 Å². The molecule has 0 bridgehead atoms. The lowest BCUT2D eigenvalue weighted by atomic mass is 10.0. The van der Waals surface area contributed by atoms with Crippen LogP contribution in [0.5, 0.6) is 0 Å². The van der Waals surface area contributed by atoms with Gasteiger partial charge in [0, 0.05) is 40.8 Å². The summed E-state index contributed by atoms with van der Waals surface area (Å²) in [4.78, 5) is 20.6. The van der Waals surface area contributed by atoms with Crippen molar-refractivity contribution in [2.45, 2.75) is 63.8 Å². The van der Waals surface area contributed by atoms with Gasteiger partial charge in [-0.3, -0.25) is 14.7 Å². The predicted molar refractivity (Wildman–Crippen MR) is 124 cm³/mol. The number of guanidine groups is 1. The van der Waals surface area contributed by atoms with Crippen molar-refractivity contribution in [3.63, 3.8) is 0 Å². The lowest BCUT2D eigenvalue weighted by molar-refractivity contribution is -0.133. The van der Waals surface area contributed by atoms with E-state index in [4.69, 9.17) is 0 Å². The number of nitrogens with zero attached hydrogens (tertiary/aromatic N) is 3. The maximum atomic E-state index is 12.2. The van der Waals surface area contributed by atoms with Gasteiger partial charge in [-0.1, -0.05) is 25.7 Å². The van der Waals surface area contributed by atoms with E-state index in [0.29, 0.717) is 0 Å². The molecular formula is C20H40IN5O. The second-order valence-electron chi connectivity index (χ2n) is 8.00. The van der Waals surface area contributed by atoms with Crippen molar-refractivity contribution in [3.05, 3.63) is 0 Å². The van der Waals surface area contributed by atoms with Gasteiger partial charge in [0.15, 0.2) is 5.96 Å². The first-order chi connectivity index (χ1) is 12.6.